The predicted molar refractivity (Wildman–Crippen MR) is 79.8 cm³/mol. The van der Waals surface area contributed by atoms with Crippen LogP contribution in [0.25, 0.3) is 0 Å². The molecular weight excluding hydrogens is 260 g/mol. The van der Waals surface area contributed by atoms with Gasteiger partial charge in [-0.3, -0.25) is 4.79 Å². The maximum Gasteiger partial charge on any atom is 0.255 e. The van der Waals surface area contributed by atoms with E-state index in [1.165, 1.54) is 31.5 Å². The summed E-state index contributed by atoms with van der Waals surface area (Å²) in [7, 11) is 1.53. The van der Waals surface area contributed by atoms with E-state index in [4.69, 9.17) is 10.5 Å². The summed E-state index contributed by atoms with van der Waals surface area (Å²) in [5, 5.41) is 2.99. The number of benzene rings is 1. The molecule has 0 unspecified atom stereocenters. The number of anilines is 1. The van der Waals surface area contributed by atoms with Crippen LogP contribution in [-0.2, 0) is 0 Å². The SMILES string of the molecule is COc1c(N)cccc1C(=O)NCC1CCSCC1. The molecule has 0 radical (unpaired) electrons. The van der Waals surface area contributed by atoms with Gasteiger partial charge in [0.15, 0.2) is 5.75 Å². The average Bonchev–Trinajstić information content (AvgIpc) is 2.45. The van der Waals surface area contributed by atoms with Crippen LogP contribution in [0.5, 0.6) is 5.75 Å². The molecule has 0 bridgehead atoms. The van der Waals surface area contributed by atoms with Gasteiger partial charge in [0.25, 0.3) is 5.91 Å². The molecule has 2 rings (SSSR count). The van der Waals surface area contributed by atoms with E-state index in [1.54, 1.807) is 18.2 Å². The quantitative estimate of drug-likeness (QED) is 0.830. The zero-order valence-corrected chi connectivity index (χ0v) is 12.0. The number of nitrogens with one attached hydrogen (secondary N) is 1. The molecule has 1 heterocycles. The Kier molecular flexibility index (Phi) is 4.96. The van der Waals surface area contributed by atoms with Gasteiger partial charge in [-0.05, 0) is 42.4 Å². The van der Waals surface area contributed by atoms with Gasteiger partial charge in [-0.25, -0.2) is 0 Å². The number of nitrogens with two attached hydrogens (primary N) is 1. The average molecular weight is 280 g/mol. The van der Waals surface area contributed by atoms with E-state index >= 15 is 0 Å². The van der Waals surface area contributed by atoms with Gasteiger partial charge in [-0.15, -0.1) is 0 Å². The van der Waals surface area contributed by atoms with Crippen molar-refractivity contribution in [1.29, 1.82) is 0 Å². The normalized spacial score (nSPS) is 16.1. The fourth-order valence-corrected chi connectivity index (χ4v) is 3.45. The number of ether oxygens (including phenoxy) is 1. The Labute approximate surface area is 118 Å². The zero-order chi connectivity index (χ0) is 13.7. The Balaban J connectivity index is 1.97. The van der Waals surface area contributed by atoms with Crippen molar-refractivity contribution in [2.45, 2.75) is 12.8 Å². The molecule has 5 heteroatoms. The Morgan fingerprint density at radius 1 is 1.47 bits per heavy atom. The number of rotatable bonds is 4. The van der Waals surface area contributed by atoms with E-state index in [-0.39, 0.29) is 5.91 Å². The van der Waals surface area contributed by atoms with Crippen LogP contribution in [-0.4, -0.2) is 31.1 Å². The van der Waals surface area contributed by atoms with Crippen molar-refractivity contribution in [2.24, 2.45) is 5.92 Å². The Bertz CT molecular complexity index is 445. The van der Waals surface area contributed by atoms with Gasteiger partial charge in [-0.2, -0.15) is 11.8 Å². The third-order valence-corrected chi connectivity index (χ3v) is 4.44. The van der Waals surface area contributed by atoms with E-state index in [1.807, 2.05) is 11.8 Å². The fourth-order valence-electron chi connectivity index (χ4n) is 2.24. The lowest BCUT2D eigenvalue weighted by atomic mass is 10.0. The summed E-state index contributed by atoms with van der Waals surface area (Å²) < 4.78 is 5.20. The number of hydrogen-bond donors (Lipinski definition) is 2. The first-order valence-electron chi connectivity index (χ1n) is 6.50. The minimum atomic E-state index is -0.109. The second-order valence-electron chi connectivity index (χ2n) is 4.69. The lowest BCUT2D eigenvalue weighted by molar-refractivity contribution is 0.0943. The number of carbonyl (C=O) groups excluding carboxylic acids is 1. The van der Waals surface area contributed by atoms with Crippen molar-refractivity contribution >= 4 is 23.4 Å². The second-order valence-corrected chi connectivity index (χ2v) is 5.92. The number of amides is 1. The fraction of sp³-hybridized carbons (Fsp3) is 0.500. The van der Waals surface area contributed by atoms with Crippen LogP contribution < -0.4 is 15.8 Å². The molecule has 1 saturated heterocycles. The first kappa shape index (κ1) is 14.1. The number of para-hydroxylation sites is 1. The van der Waals surface area contributed by atoms with Gasteiger partial charge in [0.1, 0.15) is 0 Å². The third-order valence-electron chi connectivity index (χ3n) is 3.39. The van der Waals surface area contributed by atoms with Crippen LogP contribution in [0.4, 0.5) is 5.69 Å². The molecule has 1 aliphatic heterocycles. The van der Waals surface area contributed by atoms with Crippen LogP contribution in [0.1, 0.15) is 23.2 Å². The van der Waals surface area contributed by atoms with Crippen LogP contribution in [0.3, 0.4) is 0 Å². The monoisotopic (exact) mass is 280 g/mol. The minimum Gasteiger partial charge on any atom is -0.494 e. The van der Waals surface area contributed by atoms with Crippen LogP contribution >= 0.6 is 11.8 Å². The van der Waals surface area contributed by atoms with E-state index in [0.717, 1.165) is 6.54 Å². The van der Waals surface area contributed by atoms with Gasteiger partial charge in [-0.1, -0.05) is 6.07 Å². The topological polar surface area (TPSA) is 64.3 Å². The molecule has 3 N–H and O–H groups in total. The maximum atomic E-state index is 12.2. The zero-order valence-electron chi connectivity index (χ0n) is 11.1. The first-order chi connectivity index (χ1) is 9.22. The lowest BCUT2D eigenvalue weighted by Gasteiger charge is -2.21. The van der Waals surface area contributed by atoms with E-state index in [9.17, 15) is 4.79 Å². The molecule has 0 aliphatic carbocycles. The Morgan fingerprint density at radius 2 is 2.21 bits per heavy atom. The molecule has 0 saturated carbocycles. The standard InChI is InChI=1S/C14H20N2O2S/c1-18-13-11(3-2-4-12(13)15)14(17)16-9-10-5-7-19-8-6-10/h2-4,10H,5-9,15H2,1H3,(H,16,17). The molecule has 0 atom stereocenters. The summed E-state index contributed by atoms with van der Waals surface area (Å²) in [5.41, 5.74) is 6.80. The Morgan fingerprint density at radius 3 is 2.89 bits per heavy atom. The van der Waals surface area contributed by atoms with Crippen molar-refractivity contribution in [2.75, 3.05) is 30.9 Å². The van der Waals surface area contributed by atoms with Crippen molar-refractivity contribution in [3.05, 3.63) is 23.8 Å². The molecule has 1 amide bonds. The van der Waals surface area contributed by atoms with Crippen LogP contribution in [0.15, 0.2) is 18.2 Å². The molecule has 1 aromatic carbocycles. The molecule has 0 spiro atoms. The van der Waals surface area contributed by atoms with Gasteiger partial charge < -0.3 is 15.8 Å². The third kappa shape index (κ3) is 3.56. The summed E-state index contributed by atoms with van der Waals surface area (Å²) in [6, 6.07) is 5.24. The smallest absolute Gasteiger partial charge is 0.255 e. The molecule has 4 nitrogen and oxygen atoms in total. The molecule has 104 valence electrons. The second kappa shape index (κ2) is 6.70. The number of nitrogen functional groups attached to an aromatic ring is 1. The van der Waals surface area contributed by atoms with Crippen molar-refractivity contribution in [3.63, 3.8) is 0 Å². The molecule has 1 aromatic rings. The highest BCUT2D eigenvalue weighted by Gasteiger charge is 2.17. The highest BCUT2D eigenvalue weighted by atomic mass is 32.2. The number of carbonyl (C=O) groups is 1. The summed E-state index contributed by atoms with van der Waals surface area (Å²) in [5.74, 6) is 3.34. The van der Waals surface area contributed by atoms with Gasteiger partial charge >= 0.3 is 0 Å². The number of methoxy groups -OCH3 is 1. The summed E-state index contributed by atoms with van der Waals surface area (Å²) in [4.78, 5) is 12.2. The highest BCUT2D eigenvalue weighted by molar-refractivity contribution is 7.99. The highest BCUT2D eigenvalue weighted by Crippen LogP contribution is 2.26. The molecule has 19 heavy (non-hydrogen) atoms. The number of hydrogen-bond acceptors (Lipinski definition) is 4. The molecule has 1 fully saturated rings. The van der Waals surface area contributed by atoms with Crippen molar-refractivity contribution < 1.29 is 9.53 Å². The first-order valence-corrected chi connectivity index (χ1v) is 7.66. The van der Waals surface area contributed by atoms with E-state index < -0.39 is 0 Å². The van der Waals surface area contributed by atoms with Gasteiger partial charge in [0.05, 0.1) is 18.4 Å². The van der Waals surface area contributed by atoms with Crippen molar-refractivity contribution in [1.82, 2.24) is 5.32 Å². The molecular formula is C14H20N2O2S. The maximum absolute atomic E-state index is 12.2. The summed E-state index contributed by atoms with van der Waals surface area (Å²) in [6.07, 6.45) is 2.36. The van der Waals surface area contributed by atoms with Gasteiger partial charge in [0.2, 0.25) is 0 Å². The summed E-state index contributed by atoms with van der Waals surface area (Å²) in [6.45, 7) is 0.733. The molecule has 0 aromatic heterocycles. The van der Waals surface area contributed by atoms with Gasteiger partial charge in [0, 0.05) is 6.54 Å². The van der Waals surface area contributed by atoms with Crippen LogP contribution in [0, 0.1) is 5.92 Å². The number of thioether (sulfide) groups is 1. The van der Waals surface area contributed by atoms with E-state index in [2.05, 4.69) is 5.32 Å². The largest absolute Gasteiger partial charge is 0.494 e. The summed E-state index contributed by atoms with van der Waals surface area (Å²) >= 11 is 1.99. The van der Waals surface area contributed by atoms with Crippen molar-refractivity contribution in [3.8, 4) is 5.75 Å². The molecule has 1 aliphatic rings. The van der Waals surface area contributed by atoms with E-state index in [0.29, 0.717) is 22.9 Å². The Hall–Kier alpha value is -1.36. The minimum absolute atomic E-state index is 0.109. The predicted octanol–water partition coefficient (Wildman–Crippen LogP) is 2.15. The van der Waals surface area contributed by atoms with Crippen LogP contribution in [0.2, 0.25) is 0 Å². The lowest BCUT2D eigenvalue weighted by Crippen LogP contribution is -2.31.